The molecule has 1 aromatic heterocycles. The number of aliphatic hydroxyl groups is 2. The zero-order valence-corrected chi connectivity index (χ0v) is 30.7. The average molecular weight is 753 g/mol. The summed E-state index contributed by atoms with van der Waals surface area (Å²) in [5.41, 5.74) is 12.4. The lowest BCUT2D eigenvalue weighted by Gasteiger charge is -2.30. The molecule has 0 unspecified atom stereocenters. The van der Waals surface area contributed by atoms with E-state index in [1.807, 2.05) is 19.2 Å². The Morgan fingerprint density at radius 1 is 0.925 bits per heavy atom. The highest BCUT2D eigenvalue weighted by molar-refractivity contribution is 5.96. The van der Waals surface area contributed by atoms with Gasteiger partial charge in [0.15, 0.2) is 6.04 Å². The number of aromatic nitrogens is 2. The van der Waals surface area contributed by atoms with E-state index in [9.17, 15) is 48.9 Å². The third-order valence-electron chi connectivity index (χ3n) is 8.62. The van der Waals surface area contributed by atoms with Gasteiger partial charge in [-0.2, -0.15) is 0 Å². The first-order valence-electron chi connectivity index (χ1n) is 17.8. The van der Waals surface area contributed by atoms with Gasteiger partial charge in [0.1, 0.15) is 24.2 Å². The van der Waals surface area contributed by atoms with Gasteiger partial charge in [-0.1, -0.05) is 13.8 Å². The second-order valence-electron chi connectivity index (χ2n) is 13.7. The second kappa shape index (κ2) is 21.8. The minimum atomic E-state index is -1.70. The lowest BCUT2D eigenvalue weighted by molar-refractivity contribution is -0.145. The largest absolute Gasteiger partial charge is 0.480 e. The smallest absolute Gasteiger partial charge is 0.328 e. The van der Waals surface area contributed by atoms with Crippen LogP contribution in [-0.4, -0.2) is 140 Å². The van der Waals surface area contributed by atoms with E-state index in [1.54, 1.807) is 6.20 Å². The number of aliphatic hydroxyl groups excluding tert-OH is 2. The second-order valence-corrected chi connectivity index (χ2v) is 13.7. The Hall–Kier alpha value is -4.66. The minimum Gasteiger partial charge on any atom is -0.480 e. The molecule has 2 rings (SSSR count). The zero-order valence-electron chi connectivity index (χ0n) is 30.7. The van der Waals surface area contributed by atoms with E-state index in [2.05, 4.69) is 31.2 Å². The number of likely N-dealkylation sites (tertiary alicyclic amines) is 1. The third-order valence-corrected chi connectivity index (χ3v) is 8.62. The van der Waals surface area contributed by atoms with Crippen LogP contribution >= 0.6 is 0 Å². The van der Waals surface area contributed by atoms with Crippen molar-refractivity contribution in [3.8, 4) is 0 Å². The predicted octanol–water partition coefficient (Wildman–Crippen LogP) is -3.65. The molecule has 1 aliphatic heterocycles. The molecule has 6 amide bonds. The van der Waals surface area contributed by atoms with E-state index in [0.29, 0.717) is 31.5 Å². The molecule has 0 aromatic carbocycles. The molecule has 20 heteroatoms. The van der Waals surface area contributed by atoms with Crippen LogP contribution in [0, 0.1) is 5.92 Å². The van der Waals surface area contributed by atoms with Crippen molar-refractivity contribution in [2.45, 2.75) is 121 Å². The first-order chi connectivity index (χ1) is 25.0. The summed E-state index contributed by atoms with van der Waals surface area (Å²) in [5.74, 6) is -5.87. The van der Waals surface area contributed by atoms with Gasteiger partial charge < -0.3 is 63.3 Å². The van der Waals surface area contributed by atoms with E-state index in [1.165, 1.54) is 18.2 Å². The van der Waals surface area contributed by atoms with Gasteiger partial charge in [-0.3, -0.25) is 28.8 Å². The molecule has 1 aliphatic rings. The molecule has 0 bridgehead atoms. The molecule has 0 saturated carbocycles. The molecular formula is C33H56N10O10. The van der Waals surface area contributed by atoms with Gasteiger partial charge in [0.25, 0.3) is 0 Å². The Balaban J connectivity index is 2.11. The molecule has 13 N–H and O–H groups in total. The van der Waals surface area contributed by atoms with Crippen molar-refractivity contribution in [2.24, 2.45) is 17.4 Å². The maximum absolute atomic E-state index is 13.9. The molecule has 0 radical (unpaired) electrons. The molecule has 20 nitrogen and oxygen atoms in total. The van der Waals surface area contributed by atoms with E-state index >= 15 is 0 Å². The van der Waals surface area contributed by atoms with E-state index in [0.717, 1.165) is 6.92 Å². The van der Waals surface area contributed by atoms with E-state index in [4.69, 9.17) is 11.5 Å². The Morgan fingerprint density at radius 2 is 1.58 bits per heavy atom. The number of aliphatic carboxylic acids is 1. The lowest BCUT2D eigenvalue weighted by Crippen LogP contribution is -2.59. The number of nitrogens with one attached hydrogen (secondary N) is 6. The van der Waals surface area contributed by atoms with Crippen molar-refractivity contribution in [3.05, 3.63) is 18.2 Å². The summed E-state index contributed by atoms with van der Waals surface area (Å²) < 4.78 is 0. The summed E-state index contributed by atoms with van der Waals surface area (Å²) in [5, 5.41) is 41.1. The Morgan fingerprint density at radius 3 is 2.15 bits per heavy atom. The number of aromatic amines is 1. The summed E-state index contributed by atoms with van der Waals surface area (Å²) in [7, 11) is 0. The monoisotopic (exact) mass is 752 g/mol. The van der Waals surface area contributed by atoms with Gasteiger partial charge >= 0.3 is 5.97 Å². The van der Waals surface area contributed by atoms with Crippen LogP contribution in [0.4, 0.5) is 0 Å². The van der Waals surface area contributed by atoms with Crippen LogP contribution in [0.25, 0.3) is 0 Å². The van der Waals surface area contributed by atoms with Crippen molar-refractivity contribution < 1.29 is 48.9 Å². The van der Waals surface area contributed by atoms with Gasteiger partial charge in [-0.25, -0.2) is 9.78 Å². The highest BCUT2D eigenvalue weighted by atomic mass is 16.4. The molecule has 0 aliphatic carbocycles. The van der Waals surface area contributed by atoms with Gasteiger partial charge in [0.05, 0.1) is 31.1 Å². The Kier molecular flexibility index (Phi) is 18.3. The number of H-pyrrole nitrogens is 1. The van der Waals surface area contributed by atoms with Crippen molar-refractivity contribution in [2.75, 3.05) is 19.6 Å². The molecule has 1 saturated heterocycles. The van der Waals surface area contributed by atoms with Crippen LogP contribution < -0.4 is 38.1 Å². The first kappa shape index (κ1) is 44.5. The number of nitrogens with zero attached hydrogens (tertiary/aromatic N) is 2. The maximum Gasteiger partial charge on any atom is 0.328 e. The number of imidazole rings is 1. The summed E-state index contributed by atoms with van der Waals surface area (Å²) in [6.07, 6.45) is 2.44. The molecule has 0 spiro atoms. The number of amides is 6. The van der Waals surface area contributed by atoms with Crippen molar-refractivity contribution in [1.82, 2.24) is 41.5 Å². The highest BCUT2D eigenvalue weighted by Crippen LogP contribution is 2.20. The van der Waals surface area contributed by atoms with Gasteiger partial charge in [-0.05, 0) is 64.8 Å². The number of carboxylic acids is 1. The zero-order chi connectivity index (χ0) is 39.8. The fraction of sp³-hybridized carbons (Fsp3) is 0.697. The minimum absolute atomic E-state index is 0.0127. The number of carbonyl (C=O) groups is 7. The molecule has 1 fully saturated rings. The number of carboxylic acid groups (broad SMARTS) is 1. The standard InChI is InChI=1S/C33H56N10O10/c1-17(2)12-23(40-28(47)21(35)13-20-14-36-16-38-20)29(48)39-22(8-5-6-10-34)32(51)43-11-7-9-24(43)30(49)37-15-25(46)41-26(18(3)44)31(50)42-27(19(4)45)33(52)53/h14,16-19,21-24,26-27,44-45H,5-13,15,34-35H2,1-4H3,(H,36,38)(H,37,49)(H,39,48)(H,40,47)(H,41,46)(H,42,50)(H,52,53)/t18-,19-,21+,22+,23+,24+,26+,27+/m1/s1. The van der Waals surface area contributed by atoms with Crippen LogP contribution in [0.3, 0.4) is 0 Å². The molecular weight excluding hydrogens is 696 g/mol. The third kappa shape index (κ3) is 14.4. The summed E-state index contributed by atoms with van der Waals surface area (Å²) >= 11 is 0. The summed E-state index contributed by atoms with van der Waals surface area (Å²) in [4.78, 5) is 98.6. The van der Waals surface area contributed by atoms with Crippen LogP contribution in [0.1, 0.15) is 71.9 Å². The van der Waals surface area contributed by atoms with Crippen LogP contribution in [-0.2, 0) is 40.0 Å². The van der Waals surface area contributed by atoms with Crippen molar-refractivity contribution in [1.29, 1.82) is 0 Å². The fourth-order valence-corrected chi connectivity index (χ4v) is 5.78. The number of carbonyl (C=O) groups excluding carboxylic acids is 6. The number of rotatable bonds is 22. The average Bonchev–Trinajstić information content (AvgIpc) is 3.79. The SMILES string of the molecule is CC(C)C[C@H](NC(=O)[C@@H](N)Cc1cnc[nH]1)C(=O)N[C@@H](CCCCN)C(=O)N1CCC[C@H]1C(=O)NCC(=O)N[C@H](C(=O)N[C@H](C(=O)O)[C@@H](C)O)[C@@H](C)O. The quantitative estimate of drug-likeness (QED) is 0.0510. The molecule has 8 atom stereocenters. The first-order valence-corrected chi connectivity index (χ1v) is 17.8. The fourth-order valence-electron chi connectivity index (χ4n) is 5.78. The van der Waals surface area contributed by atoms with Crippen LogP contribution in [0.2, 0.25) is 0 Å². The molecule has 1 aromatic rings. The Labute approximate surface area is 308 Å². The van der Waals surface area contributed by atoms with Gasteiger partial charge in [-0.15, -0.1) is 0 Å². The van der Waals surface area contributed by atoms with Gasteiger partial charge in [0.2, 0.25) is 35.4 Å². The van der Waals surface area contributed by atoms with Crippen molar-refractivity contribution in [3.63, 3.8) is 0 Å². The normalized spacial score (nSPS) is 18.1. The molecule has 53 heavy (non-hydrogen) atoms. The molecule has 298 valence electrons. The maximum atomic E-state index is 13.9. The highest BCUT2D eigenvalue weighted by Gasteiger charge is 2.39. The van der Waals surface area contributed by atoms with E-state index < -0.39 is 96.4 Å². The lowest BCUT2D eigenvalue weighted by atomic mass is 10.0. The summed E-state index contributed by atoms with van der Waals surface area (Å²) in [6, 6.07) is -7.34. The topological polar surface area (TPSA) is 324 Å². The molecule has 2 heterocycles. The number of unbranched alkanes of at least 4 members (excludes halogenated alkanes) is 1. The van der Waals surface area contributed by atoms with Crippen LogP contribution in [0.15, 0.2) is 12.5 Å². The predicted molar refractivity (Wildman–Crippen MR) is 189 cm³/mol. The Bertz CT molecular complexity index is 1390. The summed E-state index contributed by atoms with van der Waals surface area (Å²) in [6.45, 7) is 5.97. The van der Waals surface area contributed by atoms with Gasteiger partial charge in [0, 0.05) is 24.9 Å². The number of nitrogens with two attached hydrogens (primary N) is 2. The van der Waals surface area contributed by atoms with E-state index in [-0.39, 0.29) is 38.1 Å². The number of hydrogen-bond acceptors (Lipinski definition) is 12. The van der Waals surface area contributed by atoms with Crippen LogP contribution in [0.5, 0.6) is 0 Å². The number of hydrogen-bond donors (Lipinski definition) is 11. The van der Waals surface area contributed by atoms with Crippen molar-refractivity contribution >= 4 is 41.4 Å².